The highest BCUT2D eigenvalue weighted by molar-refractivity contribution is 5.82. The van der Waals surface area contributed by atoms with E-state index in [0.717, 1.165) is 11.1 Å². The van der Waals surface area contributed by atoms with Crippen LogP contribution in [0, 0.1) is 5.82 Å². The molecule has 0 spiro atoms. The van der Waals surface area contributed by atoms with Gasteiger partial charge in [0.25, 0.3) is 5.91 Å². The van der Waals surface area contributed by atoms with Gasteiger partial charge in [0.15, 0.2) is 12.2 Å². The van der Waals surface area contributed by atoms with Gasteiger partial charge in [-0.3, -0.25) is 4.79 Å². The van der Waals surface area contributed by atoms with E-state index in [0.29, 0.717) is 28.3 Å². The van der Waals surface area contributed by atoms with Crippen LogP contribution in [-0.4, -0.2) is 24.5 Å². The molecule has 5 nitrogen and oxygen atoms in total. The number of oxazole rings is 1. The standard InChI is InChI=1S/C22H17FN2O3/c1-24-21(26)13-27-16-6-4-5-15(11-16)22-25-19-10-9-14(12-20(19)28-22)17-7-2-3-8-18(17)23/h2-12H,13H2,1H3,(H,24,26). The quantitative estimate of drug-likeness (QED) is 0.560. The summed E-state index contributed by atoms with van der Waals surface area (Å²) in [4.78, 5) is 15.8. The van der Waals surface area contributed by atoms with E-state index >= 15 is 0 Å². The van der Waals surface area contributed by atoms with Gasteiger partial charge in [-0.2, -0.15) is 0 Å². The Morgan fingerprint density at radius 1 is 1.07 bits per heavy atom. The molecular weight excluding hydrogens is 359 g/mol. The Kier molecular flexibility index (Phi) is 4.76. The van der Waals surface area contributed by atoms with Crippen LogP contribution in [0.25, 0.3) is 33.7 Å². The molecule has 28 heavy (non-hydrogen) atoms. The van der Waals surface area contributed by atoms with Crippen molar-refractivity contribution in [3.8, 4) is 28.3 Å². The maximum absolute atomic E-state index is 14.1. The third-order valence-electron chi connectivity index (χ3n) is 4.30. The Labute approximate surface area is 160 Å². The van der Waals surface area contributed by atoms with Gasteiger partial charge in [-0.25, -0.2) is 9.37 Å². The number of amides is 1. The monoisotopic (exact) mass is 376 g/mol. The van der Waals surface area contributed by atoms with Crippen LogP contribution in [0.4, 0.5) is 4.39 Å². The van der Waals surface area contributed by atoms with Crippen LogP contribution in [0.2, 0.25) is 0 Å². The zero-order valence-corrected chi connectivity index (χ0v) is 15.1. The third kappa shape index (κ3) is 3.57. The van der Waals surface area contributed by atoms with Gasteiger partial charge < -0.3 is 14.5 Å². The molecule has 0 saturated heterocycles. The van der Waals surface area contributed by atoms with Crippen molar-refractivity contribution in [3.63, 3.8) is 0 Å². The van der Waals surface area contributed by atoms with Crippen molar-refractivity contribution in [2.45, 2.75) is 0 Å². The number of nitrogens with zero attached hydrogens (tertiary/aromatic N) is 1. The Morgan fingerprint density at radius 3 is 2.75 bits per heavy atom. The number of likely N-dealkylation sites (N-methyl/N-ethyl adjacent to an activating group) is 1. The topological polar surface area (TPSA) is 64.4 Å². The van der Waals surface area contributed by atoms with Crippen LogP contribution in [0.1, 0.15) is 0 Å². The molecule has 0 aliphatic carbocycles. The molecule has 0 aliphatic rings. The maximum atomic E-state index is 14.1. The van der Waals surface area contributed by atoms with Crippen molar-refractivity contribution in [2.24, 2.45) is 0 Å². The van der Waals surface area contributed by atoms with E-state index in [4.69, 9.17) is 9.15 Å². The molecule has 4 aromatic rings. The molecule has 140 valence electrons. The minimum absolute atomic E-state index is 0.0699. The van der Waals surface area contributed by atoms with Crippen LogP contribution in [0.3, 0.4) is 0 Å². The van der Waals surface area contributed by atoms with Crippen molar-refractivity contribution in [1.29, 1.82) is 0 Å². The van der Waals surface area contributed by atoms with Gasteiger partial charge in [-0.1, -0.05) is 30.3 Å². The second-order valence-electron chi connectivity index (χ2n) is 6.17. The van der Waals surface area contributed by atoms with E-state index in [1.54, 1.807) is 55.6 Å². The lowest BCUT2D eigenvalue weighted by Gasteiger charge is -2.05. The maximum Gasteiger partial charge on any atom is 0.257 e. The summed E-state index contributed by atoms with van der Waals surface area (Å²) in [6.45, 7) is -0.0699. The zero-order chi connectivity index (χ0) is 19.5. The summed E-state index contributed by atoms with van der Waals surface area (Å²) < 4.78 is 25.4. The van der Waals surface area contributed by atoms with Gasteiger partial charge in [-0.15, -0.1) is 0 Å². The fourth-order valence-corrected chi connectivity index (χ4v) is 2.85. The number of hydrogen-bond donors (Lipinski definition) is 1. The van der Waals surface area contributed by atoms with Crippen molar-refractivity contribution in [3.05, 3.63) is 72.5 Å². The van der Waals surface area contributed by atoms with Gasteiger partial charge in [0.1, 0.15) is 17.1 Å². The highest BCUT2D eigenvalue weighted by Gasteiger charge is 2.12. The number of nitrogens with one attached hydrogen (secondary N) is 1. The molecule has 1 aromatic heterocycles. The predicted octanol–water partition coefficient (Wildman–Crippen LogP) is 4.43. The first kappa shape index (κ1) is 17.7. The van der Waals surface area contributed by atoms with Gasteiger partial charge in [0.2, 0.25) is 5.89 Å². The Morgan fingerprint density at radius 2 is 1.93 bits per heavy atom. The SMILES string of the molecule is CNC(=O)COc1cccc(-c2nc3ccc(-c4ccccc4F)cc3o2)c1. The molecule has 6 heteroatoms. The number of aromatic nitrogens is 1. The average molecular weight is 376 g/mol. The molecule has 4 rings (SSSR count). The molecule has 0 atom stereocenters. The van der Waals surface area contributed by atoms with E-state index in [1.165, 1.54) is 6.07 Å². The van der Waals surface area contributed by atoms with Gasteiger partial charge in [0.05, 0.1) is 0 Å². The summed E-state index contributed by atoms with van der Waals surface area (Å²) in [5, 5.41) is 2.50. The smallest absolute Gasteiger partial charge is 0.257 e. The first-order valence-electron chi connectivity index (χ1n) is 8.73. The highest BCUT2D eigenvalue weighted by Crippen LogP contribution is 2.30. The largest absolute Gasteiger partial charge is 0.484 e. The molecule has 3 aromatic carbocycles. The zero-order valence-electron chi connectivity index (χ0n) is 15.1. The number of rotatable bonds is 5. The molecule has 0 saturated carbocycles. The lowest BCUT2D eigenvalue weighted by atomic mass is 10.1. The summed E-state index contributed by atoms with van der Waals surface area (Å²) >= 11 is 0. The predicted molar refractivity (Wildman–Crippen MR) is 104 cm³/mol. The van der Waals surface area contributed by atoms with Gasteiger partial charge in [-0.05, 0) is 42.0 Å². The fraction of sp³-hybridized carbons (Fsp3) is 0.0909. The van der Waals surface area contributed by atoms with Crippen molar-refractivity contribution >= 4 is 17.0 Å². The first-order valence-corrected chi connectivity index (χ1v) is 8.73. The summed E-state index contributed by atoms with van der Waals surface area (Å²) in [5.41, 5.74) is 3.18. The van der Waals surface area contributed by atoms with E-state index < -0.39 is 0 Å². The summed E-state index contributed by atoms with van der Waals surface area (Å²) in [6, 6.07) is 19.1. The molecule has 0 radical (unpaired) electrons. The lowest BCUT2D eigenvalue weighted by molar-refractivity contribution is -0.122. The first-order chi connectivity index (χ1) is 13.6. The van der Waals surface area contributed by atoms with Crippen molar-refractivity contribution < 1.29 is 18.3 Å². The second-order valence-corrected chi connectivity index (χ2v) is 6.17. The normalized spacial score (nSPS) is 10.8. The lowest BCUT2D eigenvalue weighted by Crippen LogP contribution is -2.24. The van der Waals surface area contributed by atoms with Gasteiger partial charge in [0, 0.05) is 18.2 Å². The molecule has 1 N–H and O–H groups in total. The van der Waals surface area contributed by atoms with Gasteiger partial charge >= 0.3 is 0 Å². The average Bonchev–Trinajstić information content (AvgIpc) is 3.16. The van der Waals surface area contributed by atoms with E-state index in [-0.39, 0.29) is 18.3 Å². The fourth-order valence-electron chi connectivity index (χ4n) is 2.85. The van der Waals surface area contributed by atoms with Crippen LogP contribution in [0.5, 0.6) is 5.75 Å². The summed E-state index contributed by atoms with van der Waals surface area (Å²) in [5.74, 6) is 0.456. The number of halogens is 1. The summed E-state index contributed by atoms with van der Waals surface area (Å²) in [7, 11) is 1.55. The van der Waals surface area contributed by atoms with E-state index in [2.05, 4.69) is 10.3 Å². The van der Waals surface area contributed by atoms with Crippen LogP contribution < -0.4 is 10.1 Å². The molecule has 1 heterocycles. The number of fused-ring (bicyclic) bond motifs is 1. The van der Waals surface area contributed by atoms with E-state index in [1.807, 2.05) is 12.1 Å². The van der Waals surface area contributed by atoms with E-state index in [9.17, 15) is 9.18 Å². The van der Waals surface area contributed by atoms with Crippen LogP contribution >= 0.6 is 0 Å². The molecule has 0 bridgehead atoms. The highest BCUT2D eigenvalue weighted by atomic mass is 19.1. The Bertz CT molecular complexity index is 1150. The third-order valence-corrected chi connectivity index (χ3v) is 4.30. The minimum Gasteiger partial charge on any atom is -0.484 e. The molecule has 0 fully saturated rings. The summed E-state index contributed by atoms with van der Waals surface area (Å²) in [6.07, 6.45) is 0. The number of carbonyl (C=O) groups is 1. The van der Waals surface area contributed by atoms with Crippen LogP contribution in [0.15, 0.2) is 71.1 Å². The second kappa shape index (κ2) is 7.52. The number of benzene rings is 3. The molecule has 1 amide bonds. The number of hydrogen-bond acceptors (Lipinski definition) is 4. The van der Waals surface area contributed by atoms with Crippen molar-refractivity contribution in [2.75, 3.05) is 13.7 Å². The van der Waals surface area contributed by atoms with Crippen molar-refractivity contribution in [1.82, 2.24) is 10.3 Å². The number of ether oxygens (including phenoxy) is 1. The molecular formula is C22H17FN2O3. The number of carbonyl (C=O) groups excluding carboxylic acids is 1. The Hall–Kier alpha value is -3.67. The molecule has 0 aliphatic heterocycles. The molecule has 0 unspecified atom stereocenters. The van der Waals surface area contributed by atoms with Crippen LogP contribution in [-0.2, 0) is 4.79 Å². The minimum atomic E-state index is -0.289. The Balaban J connectivity index is 1.65.